The lowest BCUT2D eigenvalue weighted by Gasteiger charge is -1.98. The van der Waals surface area contributed by atoms with E-state index in [0.717, 1.165) is 11.3 Å². The fourth-order valence-corrected chi connectivity index (χ4v) is 1.53. The van der Waals surface area contributed by atoms with Gasteiger partial charge in [-0.2, -0.15) is 0 Å². The second-order valence-corrected chi connectivity index (χ2v) is 3.84. The van der Waals surface area contributed by atoms with Crippen molar-refractivity contribution in [3.8, 4) is 0 Å². The van der Waals surface area contributed by atoms with E-state index in [-0.39, 0.29) is 5.76 Å². The van der Waals surface area contributed by atoms with E-state index in [1.807, 2.05) is 6.92 Å². The molecule has 0 aliphatic rings. The Balaban J connectivity index is 2.18. The molecule has 0 aromatic carbocycles. The van der Waals surface area contributed by atoms with Crippen LogP contribution in [-0.4, -0.2) is 22.5 Å². The number of ether oxygens (including phenoxy) is 1. The summed E-state index contributed by atoms with van der Waals surface area (Å²) in [6, 6.07) is 3.31. The molecule has 0 saturated heterocycles. The van der Waals surface area contributed by atoms with Crippen LogP contribution >= 0.6 is 0 Å². The Morgan fingerprint density at radius 3 is 2.95 bits per heavy atom. The Morgan fingerprint density at radius 2 is 2.26 bits per heavy atom. The van der Waals surface area contributed by atoms with Crippen molar-refractivity contribution in [2.24, 2.45) is 0 Å². The van der Waals surface area contributed by atoms with Crippen LogP contribution in [0.3, 0.4) is 0 Å². The van der Waals surface area contributed by atoms with Gasteiger partial charge in [0.15, 0.2) is 0 Å². The molecular weight excluding hydrogens is 244 g/mol. The van der Waals surface area contributed by atoms with Gasteiger partial charge in [-0.25, -0.2) is 4.79 Å². The van der Waals surface area contributed by atoms with Crippen molar-refractivity contribution in [2.45, 2.75) is 13.8 Å². The lowest BCUT2D eigenvalue weighted by atomic mass is 10.2. The summed E-state index contributed by atoms with van der Waals surface area (Å²) in [5, 5.41) is 0. The quantitative estimate of drug-likeness (QED) is 0.789. The Kier molecular flexibility index (Phi) is 4.07. The van der Waals surface area contributed by atoms with E-state index in [9.17, 15) is 4.79 Å². The van der Waals surface area contributed by atoms with Gasteiger partial charge in [0, 0.05) is 12.4 Å². The second kappa shape index (κ2) is 5.95. The maximum atomic E-state index is 11.5. The molecule has 2 aromatic rings. The van der Waals surface area contributed by atoms with E-state index < -0.39 is 5.97 Å². The first-order valence-corrected chi connectivity index (χ1v) is 5.92. The van der Waals surface area contributed by atoms with Crippen LogP contribution in [0.5, 0.6) is 0 Å². The maximum absolute atomic E-state index is 11.5. The molecule has 2 aromatic heterocycles. The van der Waals surface area contributed by atoms with Crippen molar-refractivity contribution >= 4 is 17.6 Å². The third-order valence-electron chi connectivity index (χ3n) is 2.43. The van der Waals surface area contributed by atoms with E-state index in [0.29, 0.717) is 12.4 Å². The normalized spacial score (nSPS) is 11.4. The molecule has 0 unspecified atom stereocenters. The second-order valence-electron chi connectivity index (χ2n) is 3.84. The third-order valence-corrected chi connectivity index (χ3v) is 2.43. The van der Waals surface area contributed by atoms with Crippen LogP contribution < -0.4 is 0 Å². The highest BCUT2D eigenvalue weighted by Crippen LogP contribution is 2.17. The zero-order valence-corrected chi connectivity index (χ0v) is 10.8. The van der Waals surface area contributed by atoms with E-state index in [4.69, 9.17) is 9.15 Å². The van der Waals surface area contributed by atoms with Crippen molar-refractivity contribution < 1.29 is 13.9 Å². The van der Waals surface area contributed by atoms with Crippen LogP contribution in [0.25, 0.3) is 11.6 Å². The summed E-state index contributed by atoms with van der Waals surface area (Å²) in [7, 11) is 0. The van der Waals surface area contributed by atoms with E-state index >= 15 is 0 Å². The van der Waals surface area contributed by atoms with Gasteiger partial charge >= 0.3 is 5.97 Å². The predicted octanol–water partition coefficient (Wildman–Crippen LogP) is 2.81. The SMILES string of the molecule is CCOC(=O)c1ccc(/C=C(/C)c2cnccn2)o1. The van der Waals surface area contributed by atoms with Gasteiger partial charge in [0.05, 0.1) is 18.5 Å². The van der Waals surface area contributed by atoms with Gasteiger partial charge < -0.3 is 9.15 Å². The molecule has 0 saturated carbocycles. The minimum atomic E-state index is -0.459. The van der Waals surface area contributed by atoms with Crippen LogP contribution in [0.2, 0.25) is 0 Å². The van der Waals surface area contributed by atoms with Crippen LogP contribution in [0.15, 0.2) is 35.1 Å². The number of carbonyl (C=O) groups excluding carboxylic acids is 1. The smallest absolute Gasteiger partial charge is 0.374 e. The molecule has 2 rings (SSSR count). The number of furan rings is 1. The highest BCUT2D eigenvalue weighted by Gasteiger charge is 2.11. The van der Waals surface area contributed by atoms with Crippen LogP contribution in [0.4, 0.5) is 0 Å². The molecule has 0 radical (unpaired) electrons. The number of aromatic nitrogens is 2. The zero-order valence-electron chi connectivity index (χ0n) is 10.8. The standard InChI is InChI=1S/C14H14N2O3/c1-3-18-14(17)13-5-4-11(19-13)8-10(2)12-9-15-6-7-16-12/h4-9H,3H2,1-2H3/b10-8-. The molecule has 0 aliphatic heterocycles. The monoisotopic (exact) mass is 258 g/mol. The van der Waals surface area contributed by atoms with Gasteiger partial charge in [-0.15, -0.1) is 0 Å². The molecule has 2 heterocycles. The highest BCUT2D eigenvalue weighted by atomic mass is 16.5. The fraction of sp³-hybridized carbons (Fsp3) is 0.214. The third kappa shape index (κ3) is 3.28. The molecule has 0 N–H and O–H groups in total. The molecule has 98 valence electrons. The van der Waals surface area contributed by atoms with Gasteiger partial charge in [0.25, 0.3) is 0 Å². The van der Waals surface area contributed by atoms with Crippen molar-refractivity contribution in [1.29, 1.82) is 0 Å². The Bertz CT molecular complexity index is 588. The molecule has 5 nitrogen and oxygen atoms in total. The van der Waals surface area contributed by atoms with Crippen LogP contribution in [0.1, 0.15) is 35.9 Å². The van der Waals surface area contributed by atoms with E-state index in [1.165, 1.54) is 0 Å². The van der Waals surface area contributed by atoms with Gasteiger partial charge in [0.1, 0.15) is 5.76 Å². The fourth-order valence-electron chi connectivity index (χ4n) is 1.53. The number of hydrogen-bond acceptors (Lipinski definition) is 5. The van der Waals surface area contributed by atoms with Crippen molar-refractivity contribution in [3.63, 3.8) is 0 Å². The minimum Gasteiger partial charge on any atom is -0.460 e. The molecule has 0 amide bonds. The Morgan fingerprint density at radius 1 is 1.42 bits per heavy atom. The largest absolute Gasteiger partial charge is 0.460 e. The van der Waals surface area contributed by atoms with Gasteiger partial charge in [0.2, 0.25) is 5.76 Å². The summed E-state index contributed by atoms with van der Waals surface area (Å²) in [4.78, 5) is 19.6. The zero-order chi connectivity index (χ0) is 13.7. The van der Waals surface area contributed by atoms with Gasteiger partial charge in [-0.3, -0.25) is 9.97 Å². The van der Waals surface area contributed by atoms with Crippen molar-refractivity contribution in [3.05, 3.63) is 47.9 Å². The molecule has 19 heavy (non-hydrogen) atoms. The lowest BCUT2D eigenvalue weighted by Crippen LogP contribution is -2.02. The summed E-state index contributed by atoms with van der Waals surface area (Å²) in [6.45, 7) is 3.97. The highest BCUT2D eigenvalue weighted by molar-refractivity contribution is 5.87. The molecule has 0 spiro atoms. The number of hydrogen-bond donors (Lipinski definition) is 0. The first-order valence-electron chi connectivity index (χ1n) is 5.92. The number of nitrogens with zero attached hydrogens (tertiary/aromatic N) is 2. The number of allylic oxidation sites excluding steroid dienone is 1. The molecule has 0 bridgehead atoms. The van der Waals surface area contributed by atoms with E-state index in [2.05, 4.69) is 9.97 Å². The molecule has 0 aliphatic carbocycles. The average Bonchev–Trinajstić information content (AvgIpc) is 2.88. The van der Waals surface area contributed by atoms with Crippen LogP contribution in [0, 0.1) is 0 Å². The summed E-state index contributed by atoms with van der Waals surface area (Å²) >= 11 is 0. The Labute approximate surface area is 110 Å². The predicted molar refractivity (Wildman–Crippen MR) is 70.2 cm³/mol. The molecule has 0 atom stereocenters. The number of esters is 1. The number of rotatable bonds is 4. The topological polar surface area (TPSA) is 65.2 Å². The average molecular weight is 258 g/mol. The van der Waals surface area contributed by atoms with Crippen molar-refractivity contribution in [2.75, 3.05) is 6.61 Å². The van der Waals surface area contributed by atoms with E-state index in [1.54, 1.807) is 43.7 Å². The summed E-state index contributed by atoms with van der Waals surface area (Å²) < 4.78 is 10.2. The number of carbonyl (C=O) groups is 1. The van der Waals surface area contributed by atoms with Crippen LogP contribution in [-0.2, 0) is 4.74 Å². The summed E-state index contributed by atoms with van der Waals surface area (Å²) in [5.74, 6) is 0.311. The molecule has 5 heteroatoms. The van der Waals surface area contributed by atoms with Crippen molar-refractivity contribution in [1.82, 2.24) is 9.97 Å². The van der Waals surface area contributed by atoms with Gasteiger partial charge in [-0.1, -0.05) is 0 Å². The maximum Gasteiger partial charge on any atom is 0.374 e. The lowest BCUT2D eigenvalue weighted by molar-refractivity contribution is 0.0489. The first kappa shape index (κ1) is 13.0. The van der Waals surface area contributed by atoms with Gasteiger partial charge in [-0.05, 0) is 37.6 Å². The summed E-state index contributed by atoms with van der Waals surface area (Å²) in [5.41, 5.74) is 1.66. The first-order chi connectivity index (χ1) is 9.20. The molecule has 0 fully saturated rings. The Hall–Kier alpha value is -2.43. The summed E-state index contributed by atoms with van der Waals surface area (Å²) in [6.07, 6.45) is 6.70. The minimum absolute atomic E-state index is 0.194. The molecular formula is C14H14N2O3.